The van der Waals surface area contributed by atoms with Gasteiger partial charge in [-0.1, -0.05) is 6.92 Å². The second-order valence-corrected chi connectivity index (χ2v) is 6.31. The summed E-state index contributed by atoms with van der Waals surface area (Å²) in [5, 5.41) is 11.1. The quantitative estimate of drug-likeness (QED) is 0.683. The number of hydrogen-bond acceptors (Lipinski definition) is 4. The fraction of sp³-hybridized carbons (Fsp3) is 0.778. The summed E-state index contributed by atoms with van der Waals surface area (Å²) in [5.41, 5.74) is 0. The Morgan fingerprint density at radius 3 is 2.56 bits per heavy atom. The largest absolute Gasteiger partial charge is 0.481 e. The van der Waals surface area contributed by atoms with Crippen LogP contribution in [0.2, 0.25) is 0 Å². The molecule has 0 bridgehead atoms. The minimum Gasteiger partial charge on any atom is -0.481 e. The predicted molar refractivity (Wildman–Crippen MR) is 56.6 cm³/mol. The lowest BCUT2D eigenvalue weighted by molar-refractivity contribution is -0.141. The van der Waals surface area contributed by atoms with E-state index in [2.05, 4.69) is 5.32 Å². The number of aliphatic carboxylic acids is 1. The van der Waals surface area contributed by atoms with Gasteiger partial charge in [-0.15, -0.1) is 0 Å². The first kappa shape index (κ1) is 13.0. The van der Waals surface area contributed by atoms with Gasteiger partial charge < -0.3 is 10.4 Å². The molecular formula is C9H15NO5S. The van der Waals surface area contributed by atoms with Crippen molar-refractivity contribution in [1.82, 2.24) is 5.32 Å². The van der Waals surface area contributed by atoms with Gasteiger partial charge in [0.15, 0.2) is 9.84 Å². The van der Waals surface area contributed by atoms with E-state index in [4.69, 9.17) is 5.11 Å². The highest BCUT2D eigenvalue weighted by molar-refractivity contribution is 7.91. The van der Waals surface area contributed by atoms with E-state index in [1.807, 2.05) is 0 Å². The van der Waals surface area contributed by atoms with Crippen molar-refractivity contribution in [2.45, 2.75) is 13.3 Å². The zero-order valence-electron chi connectivity index (χ0n) is 8.97. The van der Waals surface area contributed by atoms with Crippen molar-refractivity contribution >= 4 is 21.7 Å². The first-order valence-electron chi connectivity index (χ1n) is 5.03. The smallest absolute Gasteiger partial charge is 0.308 e. The van der Waals surface area contributed by atoms with Gasteiger partial charge in [0.05, 0.1) is 23.3 Å². The second-order valence-electron chi connectivity index (χ2n) is 4.08. The number of rotatable bonds is 4. The maximum absolute atomic E-state index is 11.5. The molecule has 2 N–H and O–H groups in total. The number of sulfone groups is 1. The summed E-state index contributed by atoms with van der Waals surface area (Å²) in [7, 11) is -3.07. The molecule has 1 fully saturated rings. The molecule has 0 spiro atoms. The summed E-state index contributed by atoms with van der Waals surface area (Å²) in [6, 6.07) is 0. The molecule has 0 aliphatic carbocycles. The highest BCUT2D eigenvalue weighted by Gasteiger charge is 2.32. The van der Waals surface area contributed by atoms with Crippen LogP contribution in [0.4, 0.5) is 0 Å². The molecule has 1 rings (SSSR count). The third-order valence-electron chi connectivity index (χ3n) is 2.61. The Hall–Kier alpha value is -1.11. The summed E-state index contributed by atoms with van der Waals surface area (Å²) in [6.45, 7) is 1.51. The van der Waals surface area contributed by atoms with Crippen LogP contribution in [-0.2, 0) is 19.4 Å². The normalized spacial score (nSPS) is 24.9. The first-order valence-corrected chi connectivity index (χ1v) is 6.85. The number of carbonyl (C=O) groups is 2. The highest BCUT2D eigenvalue weighted by Crippen LogP contribution is 2.18. The lowest BCUT2D eigenvalue weighted by atomic mass is 10.1. The van der Waals surface area contributed by atoms with Crippen LogP contribution in [0, 0.1) is 11.8 Å². The Morgan fingerprint density at radius 1 is 1.50 bits per heavy atom. The minimum absolute atomic E-state index is 0.0325. The summed E-state index contributed by atoms with van der Waals surface area (Å²) in [4.78, 5) is 22.0. The van der Waals surface area contributed by atoms with Crippen molar-refractivity contribution in [3.63, 3.8) is 0 Å². The van der Waals surface area contributed by atoms with Gasteiger partial charge in [0, 0.05) is 6.54 Å². The van der Waals surface area contributed by atoms with Crippen LogP contribution in [0.25, 0.3) is 0 Å². The van der Waals surface area contributed by atoms with Gasteiger partial charge in [-0.05, 0) is 6.42 Å². The maximum Gasteiger partial charge on any atom is 0.308 e. The molecule has 1 aliphatic heterocycles. The van der Waals surface area contributed by atoms with Crippen LogP contribution in [0.15, 0.2) is 0 Å². The summed E-state index contributed by atoms with van der Waals surface area (Å²) >= 11 is 0. The highest BCUT2D eigenvalue weighted by atomic mass is 32.2. The van der Waals surface area contributed by atoms with Gasteiger partial charge in [-0.3, -0.25) is 9.59 Å². The zero-order chi connectivity index (χ0) is 12.3. The molecule has 1 saturated heterocycles. The molecule has 0 saturated carbocycles. The molecular weight excluding hydrogens is 234 g/mol. The average molecular weight is 249 g/mol. The number of carbonyl (C=O) groups excluding carboxylic acids is 1. The first-order chi connectivity index (χ1) is 7.32. The Kier molecular flexibility index (Phi) is 3.90. The Labute approximate surface area is 93.9 Å². The fourth-order valence-electron chi connectivity index (χ4n) is 1.49. The van der Waals surface area contributed by atoms with Crippen LogP contribution in [0.5, 0.6) is 0 Å². The molecule has 1 heterocycles. The van der Waals surface area contributed by atoms with E-state index in [-0.39, 0.29) is 24.0 Å². The van der Waals surface area contributed by atoms with Crippen LogP contribution in [-0.4, -0.2) is 43.5 Å². The molecule has 2 unspecified atom stereocenters. The molecule has 16 heavy (non-hydrogen) atoms. The van der Waals surface area contributed by atoms with Gasteiger partial charge in [-0.25, -0.2) is 8.42 Å². The third kappa shape index (κ3) is 3.48. The average Bonchev–Trinajstić information content (AvgIpc) is 2.54. The fourth-order valence-corrected chi connectivity index (χ4v) is 3.23. The van der Waals surface area contributed by atoms with Crippen molar-refractivity contribution in [2.24, 2.45) is 11.8 Å². The van der Waals surface area contributed by atoms with Crippen LogP contribution >= 0.6 is 0 Å². The maximum atomic E-state index is 11.5. The van der Waals surface area contributed by atoms with Crippen LogP contribution < -0.4 is 5.32 Å². The SMILES string of the molecule is CC(CNC(=O)C1CCS(=O)(=O)C1)C(=O)O. The van der Waals surface area contributed by atoms with Crippen molar-refractivity contribution in [3.05, 3.63) is 0 Å². The van der Waals surface area contributed by atoms with Crippen molar-refractivity contribution < 1.29 is 23.1 Å². The molecule has 0 aromatic carbocycles. The van der Waals surface area contributed by atoms with Crippen molar-refractivity contribution in [3.8, 4) is 0 Å². The third-order valence-corrected chi connectivity index (χ3v) is 4.38. The molecule has 1 amide bonds. The molecule has 7 heteroatoms. The van der Waals surface area contributed by atoms with Gasteiger partial charge in [0.2, 0.25) is 5.91 Å². The number of hydrogen-bond donors (Lipinski definition) is 2. The van der Waals surface area contributed by atoms with E-state index in [9.17, 15) is 18.0 Å². The van der Waals surface area contributed by atoms with E-state index in [0.717, 1.165) is 0 Å². The van der Waals surface area contributed by atoms with E-state index in [0.29, 0.717) is 6.42 Å². The Morgan fingerprint density at radius 2 is 2.12 bits per heavy atom. The number of amides is 1. The number of carboxylic acid groups (broad SMARTS) is 1. The predicted octanol–water partition coefficient (Wildman–Crippen LogP) is -0.742. The zero-order valence-corrected chi connectivity index (χ0v) is 9.79. The Balaban J connectivity index is 2.40. The summed E-state index contributed by atoms with van der Waals surface area (Å²) in [6.07, 6.45) is 0.329. The standard InChI is InChI=1S/C9H15NO5S/c1-6(9(12)13)4-10-8(11)7-2-3-16(14,15)5-7/h6-7H,2-5H2,1H3,(H,10,11)(H,12,13). The molecule has 92 valence electrons. The van der Waals surface area contributed by atoms with Crippen molar-refractivity contribution in [1.29, 1.82) is 0 Å². The minimum atomic E-state index is -3.07. The summed E-state index contributed by atoms with van der Waals surface area (Å²) < 4.78 is 22.2. The number of carboxylic acids is 1. The molecule has 1 aliphatic rings. The van der Waals surface area contributed by atoms with Gasteiger partial charge in [-0.2, -0.15) is 0 Å². The molecule has 0 aromatic rings. The van der Waals surface area contributed by atoms with Gasteiger partial charge in [0.1, 0.15) is 0 Å². The molecule has 0 aromatic heterocycles. The lowest BCUT2D eigenvalue weighted by Crippen LogP contribution is -2.36. The van der Waals surface area contributed by atoms with Gasteiger partial charge in [0.25, 0.3) is 0 Å². The molecule has 6 nitrogen and oxygen atoms in total. The van der Waals surface area contributed by atoms with E-state index >= 15 is 0 Å². The second kappa shape index (κ2) is 4.82. The summed E-state index contributed by atoms with van der Waals surface area (Å²) in [5.74, 6) is -2.62. The number of nitrogens with one attached hydrogen (secondary N) is 1. The van der Waals surface area contributed by atoms with E-state index < -0.39 is 27.6 Å². The van der Waals surface area contributed by atoms with E-state index in [1.54, 1.807) is 0 Å². The topological polar surface area (TPSA) is 101 Å². The Bertz CT molecular complexity index is 389. The van der Waals surface area contributed by atoms with Crippen molar-refractivity contribution in [2.75, 3.05) is 18.1 Å². The van der Waals surface area contributed by atoms with E-state index in [1.165, 1.54) is 6.92 Å². The van der Waals surface area contributed by atoms with Gasteiger partial charge >= 0.3 is 5.97 Å². The monoisotopic (exact) mass is 249 g/mol. The lowest BCUT2D eigenvalue weighted by Gasteiger charge is -2.11. The van der Waals surface area contributed by atoms with Crippen LogP contribution in [0.3, 0.4) is 0 Å². The van der Waals surface area contributed by atoms with Crippen LogP contribution in [0.1, 0.15) is 13.3 Å². The molecule has 2 atom stereocenters. The molecule has 0 radical (unpaired) electrons.